The van der Waals surface area contributed by atoms with E-state index >= 15 is 0 Å². The maximum Gasteiger partial charge on any atom is 0.0443 e. The SMILES string of the molecule is NCC1(c2cc(Cl)c3c(c2)CCCC3)CCCC1. The summed E-state index contributed by atoms with van der Waals surface area (Å²) < 4.78 is 0. The van der Waals surface area contributed by atoms with Crippen molar-refractivity contribution in [2.45, 2.75) is 56.8 Å². The minimum atomic E-state index is 0.218. The fourth-order valence-electron chi connectivity index (χ4n) is 3.78. The van der Waals surface area contributed by atoms with Gasteiger partial charge in [-0.15, -0.1) is 0 Å². The van der Waals surface area contributed by atoms with Gasteiger partial charge in [-0.25, -0.2) is 0 Å². The molecule has 3 rings (SSSR count). The molecule has 2 N–H and O–H groups in total. The number of halogens is 1. The van der Waals surface area contributed by atoms with Gasteiger partial charge in [0.15, 0.2) is 0 Å². The summed E-state index contributed by atoms with van der Waals surface area (Å²) in [7, 11) is 0. The highest BCUT2D eigenvalue weighted by atomic mass is 35.5. The summed E-state index contributed by atoms with van der Waals surface area (Å²) in [6.07, 6.45) is 10.0. The van der Waals surface area contributed by atoms with E-state index in [2.05, 4.69) is 12.1 Å². The van der Waals surface area contributed by atoms with Crippen LogP contribution >= 0.6 is 11.6 Å². The topological polar surface area (TPSA) is 26.0 Å². The first kappa shape index (κ1) is 12.5. The molecular formula is C16H22ClN. The summed E-state index contributed by atoms with van der Waals surface area (Å²) in [4.78, 5) is 0. The Morgan fingerprint density at radius 2 is 1.78 bits per heavy atom. The molecule has 0 aromatic heterocycles. The van der Waals surface area contributed by atoms with Crippen LogP contribution in [0, 0.1) is 0 Å². The number of nitrogens with two attached hydrogens (primary N) is 1. The highest BCUT2D eigenvalue weighted by Crippen LogP contribution is 2.42. The van der Waals surface area contributed by atoms with E-state index in [-0.39, 0.29) is 5.41 Å². The van der Waals surface area contributed by atoms with E-state index < -0.39 is 0 Å². The number of aryl methyl sites for hydroxylation is 1. The molecule has 0 spiro atoms. The molecule has 0 unspecified atom stereocenters. The van der Waals surface area contributed by atoms with Crippen molar-refractivity contribution in [1.82, 2.24) is 0 Å². The van der Waals surface area contributed by atoms with E-state index in [4.69, 9.17) is 17.3 Å². The lowest BCUT2D eigenvalue weighted by molar-refractivity contribution is 0.452. The summed E-state index contributed by atoms with van der Waals surface area (Å²) in [5.74, 6) is 0. The molecule has 1 nitrogen and oxygen atoms in total. The number of benzene rings is 1. The van der Waals surface area contributed by atoms with Gasteiger partial charge in [-0.3, -0.25) is 0 Å². The molecule has 0 aliphatic heterocycles. The number of fused-ring (bicyclic) bond motifs is 1. The van der Waals surface area contributed by atoms with Gasteiger partial charge in [0, 0.05) is 17.0 Å². The summed E-state index contributed by atoms with van der Waals surface area (Å²) in [6.45, 7) is 0.766. The molecule has 2 heteroatoms. The maximum absolute atomic E-state index is 6.50. The maximum atomic E-state index is 6.50. The van der Waals surface area contributed by atoms with Crippen LogP contribution in [0.2, 0.25) is 5.02 Å². The molecule has 0 atom stereocenters. The molecule has 1 fully saturated rings. The fraction of sp³-hybridized carbons (Fsp3) is 0.625. The van der Waals surface area contributed by atoms with Gasteiger partial charge in [0.1, 0.15) is 0 Å². The van der Waals surface area contributed by atoms with Gasteiger partial charge < -0.3 is 5.73 Å². The van der Waals surface area contributed by atoms with Crippen LogP contribution in [0.15, 0.2) is 12.1 Å². The van der Waals surface area contributed by atoms with Crippen LogP contribution in [0.1, 0.15) is 55.2 Å². The fourth-order valence-corrected chi connectivity index (χ4v) is 4.12. The van der Waals surface area contributed by atoms with E-state index in [1.807, 2.05) is 0 Å². The highest BCUT2D eigenvalue weighted by molar-refractivity contribution is 6.31. The first-order chi connectivity index (χ1) is 8.75. The van der Waals surface area contributed by atoms with Crippen LogP contribution in [0.25, 0.3) is 0 Å². The van der Waals surface area contributed by atoms with Crippen molar-refractivity contribution in [2.24, 2.45) is 5.73 Å². The standard InChI is InChI=1S/C16H22ClN/c17-15-10-13(16(11-18)7-3-4-8-16)9-12-5-1-2-6-14(12)15/h9-10H,1-8,11,18H2. The molecule has 18 heavy (non-hydrogen) atoms. The van der Waals surface area contributed by atoms with Crippen LogP contribution < -0.4 is 5.73 Å². The second-order valence-corrected chi connectivity index (χ2v) is 6.40. The average molecular weight is 264 g/mol. The quantitative estimate of drug-likeness (QED) is 0.858. The predicted octanol–water partition coefficient (Wildman–Crippen LogP) is 3.99. The third-order valence-corrected chi connectivity index (χ3v) is 5.31. The average Bonchev–Trinajstić information content (AvgIpc) is 2.89. The zero-order valence-electron chi connectivity index (χ0n) is 11.0. The van der Waals surface area contributed by atoms with E-state index in [9.17, 15) is 0 Å². The van der Waals surface area contributed by atoms with Gasteiger partial charge in [-0.05, 0) is 61.3 Å². The van der Waals surface area contributed by atoms with Crippen molar-refractivity contribution < 1.29 is 0 Å². The molecule has 98 valence electrons. The molecule has 1 aromatic rings. The van der Waals surface area contributed by atoms with Crippen molar-refractivity contribution in [3.63, 3.8) is 0 Å². The third kappa shape index (κ3) is 1.98. The minimum Gasteiger partial charge on any atom is -0.330 e. The summed E-state index contributed by atoms with van der Waals surface area (Å²) >= 11 is 6.50. The lowest BCUT2D eigenvalue weighted by Gasteiger charge is -2.30. The van der Waals surface area contributed by atoms with Crippen LogP contribution in [0.5, 0.6) is 0 Å². The van der Waals surface area contributed by atoms with Gasteiger partial charge in [-0.1, -0.05) is 30.5 Å². The third-order valence-electron chi connectivity index (χ3n) is 4.97. The molecular weight excluding hydrogens is 242 g/mol. The number of hydrogen-bond donors (Lipinski definition) is 1. The Morgan fingerprint density at radius 3 is 2.50 bits per heavy atom. The van der Waals surface area contributed by atoms with Crippen molar-refractivity contribution in [2.75, 3.05) is 6.54 Å². The Balaban J connectivity index is 2.04. The van der Waals surface area contributed by atoms with E-state index in [1.165, 1.54) is 61.6 Å². The second-order valence-electron chi connectivity index (χ2n) is 5.99. The lowest BCUT2D eigenvalue weighted by atomic mass is 9.76. The van der Waals surface area contributed by atoms with Crippen LogP contribution in [0.3, 0.4) is 0 Å². The van der Waals surface area contributed by atoms with Gasteiger partial charge in [0.05, 0.1) is 0 Å². The molecule has 0 amide bonds. The Labute approximate surface area is 115 Å². The van der Waals surface area contributed by atoms with E-state index in [1.54, 1.807) is 0 Å². The second kappa shape index (κ2) is 4.86. The van der Waals surface area contributed by atoms with Crippen molar-refractivity contribution in [1.29, 1.82) is 0 Å². The number of rotatable bonds is 2. The largest absolute Gasteiger partial charge is 0.330 e. The first-order valence-electron chi connectivity index (χ1n) is 7.27. The highest BCUT2D eigenvalue weighted by Gasteiger charge is 2.35. The van der Waals surface area contributed by atoms with Gasteiger partial charge in [0.25, 0.3) is 0 Å². The van der Waals surface area contributed by atoms with E-state index in [0.29, 0.717) is 0 Å². The Kier molecular flexibility index (Phi) is 3.38. The predicted molar refractivity (Wildman–Crippen MR) is 77.3 cm³/mol. The Hall–Kier alpha value is -0.530. The molecule has 0 bridgehead atoms. The molecule has 0 radical (unpaired) electrons. The van der Waals surface area contributed by atoms with Crippen LogP contribution in [-0.2, 0) is 18.3 Å². The summed E-state index contributed by atoms with van der Waals surface area (Å²) in [5, 5.41) is 0.988. The lowest BCUT2D eigenvalue weighted by Crippen LogP contribution is -2.32. The van der Waals surface area contributed by atoms with Crippen LogP contribution in [0.4, 0.5) is 0 Å². The Morgan fingerprint density at radius 1 is 1.06 bits per heavy atom. The molecule has 2 aliphatic carbocycles. The Bertz CT molecular complexity index is 447. The smallest absolute Gasteiger partial charge is 0.0443 e. The van der Waals surface area contributed by atoms with Crippen molar-refractivity contribution >= 4 is 11.6 Å². The first-order valence-corrected chi connectivity index (χ1v) is 7.65. The number of hydrogen-bond acceptors (Lipinski definition) is 1. The molecule has 1 saturated carbocycles. The summed E-state index contributed by atoms with van der Waals surface area (Å²) in [5.41, 5.74) is 10.6. The normalized spacial score (nSPS) is 21.9. The van der Waals surface area contributed by atoms with Crippen molar-refractivity contribution in [3.8, 4) is 0 Å². The van der Waals surface area contributed by atoms with Crippen molar-refractivity contribution in [3.05, 3.63) is 33.8 Å². The molecule has 0 heterocycles. The van der Waals surface area contributed by atoms with E-state index in [0.717, 1.165) is 18.0 Å². The molecule has 1 aromatic carbocycles. The van der Waals surface area contributed by atoms with Gasteiger partial charge in [-0.2, -0.15) is 0 Å². The zero-order valence-corrected chi connectivity index (χ0v) is 11.7. The monoisotopic (exact) mass is 263 g/mol. The van der Waals surface area contributed by atoms with Gasteiger partial charge >= 0.3 is 0 Å². The molecule has 0 saturated heterocycles. The summed E-state index contributed by atoms with van der Waals surface area (Å²) in [6, 6.07) is 4.63. The zero-order chi connectivity index (χ0) is 12.6. The van der Waals surface area contributed by atoms with Gasteiger partial charge in [0.2, 0.25) is 0 Å². The molecule has 2 aliphatic rings. The van der Waals surface area contributed by atoms with Crippen LogP contribution in [-0.4, -0.2) is 6.54 Å². The minimum absolute atomic E-state index is 0.218.